The van der Waals surface area contributed by atoms with E-state index >= 15 is 0 Å². The molecular weight excluding hydrogens is 244 g/mol. The SMILES string of the molecule is CNC1c2ccccc2CC1N(C)C1CCCCC1C. The molecule has 3 rings (SSSR count). The van der Waals surface area contributed by atoms with E-state index in [9.17, 15) is 0 Å². The van der Waals surface area contributed by atoms with Crippen LogP contribution in [-0.2, 0) is 6.42 Å². The number of benzene rings is 1. The maximum Gasteiger partial charge on any atom is 0.0481 e. The van der Waals surface area contributed by atoms with E-state index in [1.807, 2.05) is 0 Å². The van der Waals surface area contributed by atoms with Gasteiger partial charge in [0.15, 0.2) is 0 Å². The number of rotatable bonds is 3. The Kier molecular flexibility index (Phi) is 4.13. The number of fused-ring (bicyclic) bond motifs is 1. The third-order valence-corrected chi connectivity index (χ3v) is 5.63. The van der Waals surface area contributed by atoms with Gasteiger partial charge in [-0.25, -0.2) is 0 Å². The van der Waals surface area contributed by atoms with E-state index in [1.54, 1.807) is 0 Å². The first-order valence-electron chi connectivity index (χ1n) is 8.19. The van der Waals surface area contributed by atoms with Crippen molar-refractivity contribution in [3.05, 3.63) is 35.4 Å². The van der Waals surface area contributed by atoms with Gasteiger partial charge in [0, 0.05) is 18.1 Å². The molecule has 4 unspecified atom stereocenters. The normalized spacial score (nSPS) is 33.4. The molecule has 20 heavy (non-hydrogen) atoms. The van der Waals surface area contributed by atoms with Crippen LogP contribution in [-0.4, -0.2) is 31.1 Å². The van der Waals surface area contributed by atoms with E-state index in [2.05, 4.69) is 55.5 Å². The Labute approximate surface area is 123 Å². The summed E-state index contributed by atoms with van der Waals surface area (Å²) in [5.74, 6) is 0.843. The summed E-state index contributed by atoms with van der Waals surface area (Å²) in [6.45, 7) is 2.44. The lowest BCUT2D eigenvalue weighted by molar-refractivity contribution is 0.0837. The molecule has 0 amide bonds. The molecule has 0 spiro atoms. The molecular formula is C18H28N2. The van der Waals surface area contributed by atoms with Gasteiger partial charge in [-0.3, -0.25) is 4.90 Å². The van der Waals surface area contributed by atoms with Crippen LogP contribution in [0.15, 0.2) is 24.3 Å². The molecule has 4 atom stereocenters. The Bertz CT molecular complexity index is 456. The van der Waals surface area contributed by atoms with Gasteiger partial charge < -0.3 is 5.32 Å². The third-order valence-electron chi connectivity index (χ3n) is 5.63. The van der Waals surface area contributed by atoms with Crippen LogP contribution in [0.4, 0.5) is 0 Å². The summed E-state index contributed by atoms with van der Waals surface area (Å²) in [5, 5.41) is 3.56. The molecule has 1 aromatic rings. The summed E-state index contributed by atoms with van der Waals surface area (Å²) in [4.78, 5) is 2.69. The minimum absolute atomic E-state index is 0.491. The third kappa shape index (κ3) is 2.40. The molecule has 110 valence electrons. The Morgan fingerprint density at radius 2 is 1.85 bits per heavy atom. The first-order valence-corrected chi connectivity index (χ1v) is 8.19. The Morgan fingerprint density at radius 3 is 2.60 bits per heavy atom. The molecule has 2 heteroatoms. The zero-order valence-corrected chi connectivity index (χ0v) is 13.1. The lowest BCUT2D eigenvalue weighted by atomic mass is 9.84. The first-order chi connectivity index (χ1) is 9.72. The van der Waals surface area contributed by atoms with Gasteiger partial charge in [-0.05, 0) is 50.4 Å². The van der Waals surface area contributed by atoms with Crippen molar-refractivity contribution in [3.63, 3.8) is 0 Å². The van der Waals surface area contributed by atoms with Crippen LogP contribution in [0.5, 0.6) is 0 Å². The molecule has 0 heterocycles. The summed E-state index contributed by atoms with van der Waals surface area (Å²) in [6.07, 6.45) is 6.80. The fourth-order valence-electron chi connectivity index (χ4n) is 4.45. The van der Waals surface area contributed by atoms with Crippen molar-refractivity contribution in [3.8, 4) is 0 Å². The van der Waals surface area contributed by atoms with Crippen LogP contribution in [0, 0.1) is 5.92 Å². The topological polar surface area (TPSA) is 15.3 Å². The summed E-state index contributed by atoms with van der Waals surface area (Å²) in [6, 6.07) is 10.8. The molecule has 2 aliphatic rings. The Balaban J connectivity index is 1.80. The van der Waals surface area contributed by atoms with E-state index in [1.165, 1.54) is 43.2 Å². The highest BCUT2D eigenvalue weighted by molar-refractivity contribution is 5.37. The minimum atomic E-state index is 0.491. The molecule has 1 N–H and O–H groups in total. The van der Waals surface area contributed by atoms with Gasteiger partial charge >= 0.3 is 0 Å². The van der Waals surface area contributed by atoms with Gasteiger partial charge in [-0.15, -0.1) is 0 Å². The zero-order chi connectivity index (χ0) is 14.1. The fourth-order valence-corrected chi connectivity index (χ4v) is 4.45. The predicted molar refractivity (Wildman–Crippen MR) is 84.9 cm³/mol. The monoisotopic (exact) mass is 272 g/mol. The molecule has 2 aliphatic carbocycles. The average Bonchev–Trinajstić information content (AvgIpc) is 2.85. The average molecular weight is 272 g/mol. The van der Waals surface area contributed by atoms with Crippen molar-refractivity contribution in [1.29, 1.82) is 0 Å². The van der Waals surface area contributed by atoms with Gasteiger partial charge in [0.2, 0.25) is 0 Å². The van der Waals surface area contributed by atoms with Gasteiger partial charge in [-0.2, -0.15) is 0 Å². The molecule has 0 bridgehead atoms. The van der Waals surface area contributed by atoms with Crippen LogP contribution >= 0.6 is 0 Å². The van der Waals surface area contributed by atoms with Gasteiger partial charge in [0.1, 0.15) is 0 Å². The van der Waals surface area contributed by atoms with Crippen LogP contribution < -0.4 is 5.32 Å². The lowest BCUT2D eigenvalue weighted by Gasteiger charge is -2.41. The molecule has 2 nitrogen and oxygen atoms in total. The van der Waals surface area contributed by atoms with Crippen LogP contribution in [0.25, 0.3) is 0 Å². The second-order valence-electron chi connectivity index (χ2n) is 6.73. The highest BCUT2D eigenvalue weighted by Crippen LogP contribution is 2.37. The van der Waals surface area contributed by atoms with Gasteiger partial charge in [-0.1, -0.05) is 44.0 Å². The predicted octanol–water partition coefficient (Wildman–Crippen LogP) is 3.38. The molecule has 0 aliphatic heterocycles. The standard InChI is InChI=1S/C18H28N2/c1-13-8-4-7-11-16(13)20(3)17-12-14-9-5-6-10-15(14)18(17)19-2/h5-6,9-10,13,16-19H,4,7-8,11-12H2,1-3H3. The maximum absolute atomic E-state index is 3.56. The van der Waals surface area contributed by atoms with Crippen molar-refractivity contribution in [2.75, 3.05) is 14.1 Å². The number of hydrogen-bond donors (Lipinski definition) is 1. The molecule has 1 fully saturated rings. The van der Waals surface area contributed by atoms with Crippen LogP contribution in [0.3, 0.4) is 0 Å². The lowest BCUT2D eigenvalue weighted by Crippen LogP contribution is -2.48. The van der Waals surface area contributed by atoms with E-state index in [4.69, 9.17) is 0 Å². The molecule has 0 aromatic heterocycles. The molecule has 0 saturated heterocycles. The Hall–Kier alpha value is -0.860. The van der Waals surface area contributed by atoms with Crippen molar-refractivity contribution < 1.29 is 0 Å². The highest BCUT2D eigenvalue weighted by atomic mass is 15.2. The van der Waals surface area contributed by atoms with E-state index in [0.29, 0.717) is 12.1 Å². The number of nitrogens with zero attached hydrogens (tertiary/aromatic N) is 1. The summed E-state index contributed by atoms with van der Waals surface area (Å²) in [5.41, 5.74) is 3.04. The number of hydrogen-bond acceptors (Lipinski definition) is 2. The maximum atomic E-state index is 3.56. The number of likely N-dealkylation sites (N-methyl/N-ethyl adjacent to an activating group) is 2. The minimum Gasteiger partial charge on any atom is -0.312 e. The summed E-state index contributed by atoms with van der Waals surface area (Å²) < 4.78 is 0. The second-order valence-corrected chi connectivity index (χ2v) is 6.73. The quantitative estimate of drug-likeness (QED) is 0.907. The summed E-state index contributed by atoms with van der Waals surface area (Å²) in [7, 11) is 4.46. The first kappa shape index (κ1) is 14.1. The molecule has 1 saturated carbocycles. The molecule has 0 radical (unpaired) electrons. The smallest absolute Gasteiger partial charge is 0.0481 e. The van der Waals surface area contributed by atoms with Gasteiger partial charge in [0.05, 0.1) is 0 Å². The Morgan fingerprint density at radius 1 is 1.10 bits per heavy atom. The van der Waals surface area contributed by atoms with Crippen molar-refractivity contribution in [1.82, 2.24) is 10.2 Å². The van der Waals surface area contributed by atoms with Crippen molar-refractivity contribution in [2.45, 2.75) is 57.2 Å². The van der Waals surface area contributed by atoms with Crippen LogP contribution in [0.2, 0.25) is 0 Å². The van der Waals surface area contributed by atoms with Crippen LogP contribution in [0.1, 0.15) is 49.8 Å². The van der Waals surface area contributed by atoms with Gasteiger partial charge in [0.25, 0.3) is 0 Å². The van der Waals surface area contributed by atoms with Crippen molar-refractivity contribution in [2.24, 2.45) is 5.92 Å². The zero-order valence-electron chi connectivity index (χ0n) is 13.1. The highest BCUT2D eigenvalue weighted by Gasteiger charge is 2.38. The second kappa shape index (κ2) is 5.87. The van der Waals surface area contributed by atoms with Crippen molar-refractivity contribution >= 4 is 0 Å². The fraction of sp³-hybridized carbons (Fsp3) is 0.667. The van der Waals surface area contributed by atoms with E-state index in [0.717, 1.165) is 12.0 Å². The van der Waals surface area contributed by atoms with E-state index < -0.39 is 0 Å². The van der Waals surface area contributed by atoms with E-state index in [-0.39, 0.29) is 0 Å². The molecule has 1 aromatic carbocycles. The number of nitrogens with one attached hydrogen (secondary N) is 1. The summed E-state index contributed by atoms with van der Waals surface area (Å²) >= 11 is 0. The largest absolute Gasteiger partial charge is 0.312 e.